The molecule has 0 aliphatic heterocycles. The van der Waals surface area contributed by atoms with Gasteiger partial charge in [0.15, 0.2) is 0 Å². The lowest BCUT2D eigenvalue weighted by Gasteiger charge is -2.10. The Kier molecular flexibility index (Phi) is 2.79. The van der Waals surface area contributed by atoms with Crippen molar-refractivity contribution in [3.63, 3.8) is 0 Å². The van der Waals surface area contributed by atoms with Gasteiger partial charge in [0, 0.05) is 36.7 Å². The summed E-state index contributed by atoms with van der Waals surface area (Å²) in [6, 6.07) is 7.76. The van der Waals surface area contributed by atoms with Gasteiger partial charge in [0.1, 0.15) is 5.82 Å². The minimum Gasteiger partial charge on any atom is -0.397 e. The van der Waals surface area contributed by atoms with Crippen LogP contribution in [0.3, 0.4) is 0 Å². The standard InChI is InChI=1S/C14H15N5/c1-19-8-7-16-13(19)9-18-12-5-6-17-14-10(12)3-2-4-11(14)15/h2-8H,9,15H2,1H3,(H,17,18). The van der Waals surface area contributed by atoms with Crippen LogP contribution in [-0.2, 0) is 13.6 Å². The topological polar surface area (TPSA) is 68.8 Å². The number of rotatable bonds is 3. The number of aryl methyl sites for hydroxylation is 1. The molecule has 0 unspecified atom stereocenters. The van der Waals surface area contributed by atoms with Gasteiger partial charge in [-0.2, -0.15) is 0 Å². The second-order valence-electron chi connectivity index (χ2n) is 4.41. The molecule has 2 aromatic heterocycles. The maximum atomic E-state index is 5.93. The van der Waals surface area contributed by atoms with E-state index in [4.69, 9.17) is 5.73 Å². The fourth-order valence-electron chi connectivity index (χ4n) is 2.09. The molecule has 0 bridgehead atoms. The lowest BCUT2D eigenvalue weighted by Crippen LogP contribution is -2.06. The summed E-state index contributed by atoms with van der Waals surface area (Å²) in [6.07, 6.45) is 5.48. The molecule has 3 N–H and O–H groups in total. The molecule has 1 aromatic carbocycles. The van der Waals surface area contributed by atoms with Crippen LogP contribution >= 0.6 is 0 Å². The Morgan fingerprint density at radius 2 is 2.11 bits per heavy atom. The summed E-state index contributed by atoms with van der Waals surface area (Å²) >= 11 is 0. The van der Waals surface area contributed by atoms with E-state index in [1.54, 1.807) is 12.4 Å². The molecule has 0 saturated heterocycles. The van der Waals surface area contributed by atoms with Gasteiger partial charge in [0.25, 0.3) is 0 Å². The Balaban J connectivity index is 1.93. The normalized spacial score (nSPS) is 10.8. The number of nitrogen functional groups attached to an aromatic ring is 1. The van der Waals surface area contributed by atoms with Crippen LogP contribution in [0.4, 0.5) is 11.4 Å². The van der Waals surface area contributed by atoms with Crippen molar-refractivity contribution in [3.05, 3.63) is 48.7 Å². The van der Waals surface area contributed by atoms with Gasteiger partial charge in [0.2, 0.25) is 0 Å². The lowest BCUT2D eigenvalue weighted by molar-refractivity contribution is 0.813. The molecule has 19 heavy (non-hydrogen) atoms. The van der Waals surface area contributed by atoms with Crippen LogP contribution in [0.25, 0.3) is 10.9 Å². The highest BCUT2D eigenvalue weighted by Crippen LogP contribution is 2.25. The second kappa shape index (κ2) is 4.61. The van der Waals surface area contributed by atoms with Crippen molar-refractivity contribution in [3.8, 4) is 0 Å². The SMILES string of the molecule is Cn1ccnc1CNc1ccnc2c(N)cccc12. The Labute approximate surface area is 111 Å². The molecular weight excluding hydrogens is 238 g/mol. The number of nitrogens with one attached hydrogen (secondary N) is 1. The summed E-state index contributed by atoms with van der Waals surface area (Å²) in [4.78, 5) is 8.61. The number of pyridine rings is 1. The van der Waals surface area contributed by atoms with Gasteiger partial charge >= 0.3 is 0 Å². The highest BCUT2D eigenvalue weighted by Gasteiger charge is 2.05. The third-order valence-corrected chi connectivity index (χ3v) is 3.16. The second-order valence-corrected chi connectivity index (χ2v) is 4.41. The van der Waals surface area contributed by atoms with E-state index in [1.165, 1.54) is 0 Å². The summed E-state index contributed by atoms with van der Waals surface area (Å²) in [6.45, 7) is 0.664. The van der Waals surface area contributed by atoms with Crippen molar-refractivity contribution < 1.29 is 0 Å². The predicted octanol–water partition coefficient (Wildman–Crippen LogP) is 2.16. The maximum absolute atomic E-state index is 5.93. The fourth-order valence-corrected chi connectivity index (χ4v) is 2.09. The molecule has 0 radical (unpaired) electrons. The molecule has 3 aromatic rings. The zero-order valence-electron chi connectivity index (χ0n) is 10.7. The first-order valence-electron chi connectivity index (χ1n) is 6.09. The number of hydrogen-bond acceptors (Lipinski definition) is 4. The quantitative estimate of drug-likeness (QED) is 0.702. The molecule has 0 spiro atoms. The van der Waals surface area contributed by atoms with Crippen molar-refractivity contribution in [2.75, 3.05) is 11.1 Å². The lowest BCUT2D eigenvalue weighted by atomic mass is 10.1. The van der Waals surface area contributed by atoms with E-state index in [9.17, 15) is 0 Å². The summed E-state index contributed by atoms with van der Waals surface area (Å²) < 4.78 is 1.99. The van der Waals surface area contributed by atoms with E-state index < -0.39 is 0 Å². The first-order valence-corrected chi connectivity index (χ1v) is 6.09. The molecule has 0 fully saturated rings. The van der Waals surface area contributed by atoms with Gasteiger partial charge < -0.3 is 15.6 Å². The van der Waals surface area contributed by atoms with E-state index in [0.29, 0.717) is 12.2 Å². The molecule has 0 amide bonds. The van der Waals surface area contributed by atoms with Gasteiger partial charge in [-0.1, -0.05) is 12.1 Å². The van der Waals surface area contributed by atoms with Gasteiger partial charge in [-0.25, -0.2) is 4.98 Å². The van der Waals surface area contributed by atoms with E-state index in [1.807, 2.05) is 42.1 Å². The average molecular weight is 253 g/mol. The highest BCUT2D eigenvalue weighted by molar-refractivity contribution is 5.97. The number of fused-ring (bicyclic) bond motifs is 1. The van der Waals surface area contributed by atoms with Crippen LogP contribution in [0.15, 0.2) is 42.9 Å². The predicted molar refractivity (Wildman–Crippen MR) is 76.7 cm³/mol. The van der Waals surface area contributed by atoms with Crippen molar-refractivity contribution >= 4 is 22.3 Å². The third-order valence-electron chi connectivity index (χ3n) is 3.16. The number of benzene rings is 1. The summed E-state index contributed by atoms with van der Waals surface area (Å²) in [5.41, 5.74) is 8.47. The van der Waals surface area contributed by atoms with E-state index in [-0.39, 0.29) is 0 Å². The molecule has 0 atom stereocenters. The third kappa shape index (κ3) is 2.10. The van der Waals surface area contributed by atoms with Gasteiger partial charge in [-0.3, -0.25) is 4.98 Å². The van der Waals surface area contributed by atoms with Crippen LogP contribution in [0, 0.1) is 0 Å². The smallest absolute Gasteiger partial charge is 0.127 e. The molecule has 0 aliphatic carbocycles. The van der Waals surface area contributed by atoms with Gasteiger partial charge in [-0.05, 0) is 12.1 Å². The Hall–Kier alpha value is -2.56. The molecule has 2 heterocycles. The van der Waals surface area contributed by atoms with Gasteiger partial charge in [-0.15, -0.1) is 0 Å². The van der Waals surface area contributed by atoms with Crippen molar-refractivity contribution in [1.29, 1.82) is 0 Å². The van der Waals surface area contributed by atoms with Crippen LogP contribution in [0.1, 0.15) is 5.82 Å². The number of hydrogen-bond donors (Lipinski definition) is 2. The number of aromatic nitrogens is 3. The Morgan fingerprint density at radius 3 is 2.89 bits per heavy atom. The molecule has 5 nitrogen and oxygen atoms in total. The zero-order valence-corrected chi connectivity index (χ0v) is 10.7. The first-order chi connectivity index (χ1) is 9.25. The fraction of sp³-hybridized carbons (Fsp3) is 0.143. The average Bonchev–Trinajstić information content (AvgIpc) is 2.82. The zero-order chi connectivity index (χ0) is 13.2. The molecule has 0 aliphatic rings. The van der Waals surface area contributed by atoms with Crippen LogP contribution in [0.2, 0.25) is 0 Å². The number of imidazole rings is 1. The largest absolute Gasteiger partial charge is 0.397 e. The molecule has 3 rings (SSSR count). The molecule has 0 saturated carbocycles. The summed E-state index contributed by atoms with van der Waals surface area (Å²) in [5, 5.41) is 4.40. The number of para-hydroxylation sites is 1. The van der Waals surface area contributed by atoms with Crippen molar-refractivity contribution in [2.24, 2.45) is 7.05 Å². The molecule has 96 valence electrons. The van der Waals surface area contributed by atoms with Crippen LogP contribution in [-0.4, -0.2) is 14.5 Å². The molecular formula is C14H15N5. The van der Waals surface area contributed by atoms with Crippen LogP contribution in [0.5, 0.6) is 0 Å². The summed E-state index contributed by atoms with van der Waals surface area (Å²) in [7, 11) is 1.98. The van der Waals surface area contributed by atoms with E-state index in [0.717, 1.165) is 22.4 Å². The number of nitrogens with two attached hydrogens (primary N) is 1. The number of nitrogens with zero attached hydrogens (tertiary/aromatic N) is 3. The highest BCUT2D eigenvalue weighted by atomic mass is 15.1. The van der Waals surface area contributed by atoms with E-state index in [2.05, 4.69) is 15.3 Å². The van der Waals surface area contributed by atoms with E-state index >= 15 is 0 Å². The number of anilines is 2. The Bertz CT molecular complexity index is 717. The molecule has 5 heteroatoms. The monoisotopic (exact) mass is 253 g/mol. The summed E-state index contributed by atoms with van der Waals surface area (Å²) in [5.74, 6) is 0.980. The minimum absolute atomic E-state index is 0.664. The first kappa shape index (κ1) is 11.5. The minimum atomic E-state index is 0.664. The van der Waals surface area contributed by atoms with Gasteiger partial charge in [0.05, 0.1) is 17.7 Å². The Morgan fingerprint density at radius 1 is 1.21 bits per heavy atom. The maximum Gasteiger partial charge on any atom is 0.127 e. The van der Waals surface area contributed by atoms with Crippen molar-refractivity contribution in [1.82, 2.24) is 14.5 Å². The van der Waals surface area contributed by atoms with Crippen LogP contribution < -0.4 is 11.1 Å². The van der Waals surface area contributed by atoms with Crippen molar-refractivity contribution in [2.45, 2.75) is 6.54 Å².